The van der Waals surface area contributed by atoms with Gasteiger partial charge < -0.3 is 10.1 Å². The standard InChI is InChI=1S/C16H16N2O/c1-12-7-8-13(10-17)16(9-12)18-15-6-4-3-5-14(15)11-19-2/h3-9,18H,11H2,1-2H3. The predicted octanol–water partition coefficient (Wildman–Crippen LogP) is 3.76. The molecular formula is C16H16N2O. The molecule has 0 heterocycles. The Balaban J connectivity index is 2.36. The molecular weight excluding hydrogens is 236 g/mol. The van der Waals surface area contributed by atoms with Crippen molar-refractivity contribution in [1.82, 2.24) is 0 Å². The largest absolute Gasteiger partial charge is 0.380 e. The van der Waals surface area contributed by atoms with Crippen molar-refractivity contribution in [3.63, 3.8) is 0 Å². The molecule has 0 radical (unpaired) electrons. The molecule has 0 saturated carbocycles. The number of methoxy groups -OCH3 is 1. The van der Waals surface area contributed by atoms with Crippen molar-refractivity contribution in [2.24, 2.45) is 0 Å². The lowest BCUT2D eigenvalue weighted by Crippen LogP contribution is -1.99. The first kappa shape index (κ1) is 13.1. The lowest BCUT2D eigenvalue weighted by Gasteiger charge is -2.13. The molecule has 3 nitrogen and oxygen atoms in total. The molecule has 0 unspecified atom stereocenters. The van der Waals surface area contributed by atoms with Crippen LogP contribution in [0.1, 0.15) is 16.7 Å². The summed E-state index contributed by atoms with van der Waals surface area (Å²) in [7, 11) is 1.67. The van der Waals surface area contributed by atoms with E-state index in [4.69, 9.17) is 10.00 Å². The summed E-state index contributed by atoms with van der Waals surface area (Å²) in [4.78, 5) is 0. The summed E-state index contributed by atoms with van der Waals surface area (Å²) in [5.74, 6) is 0. The van der Waals surface area contributed by atoms with Gasteiger partial charge in [-0.3, -0.25) is 0 Å². The van der Waals surface area contributed by atoms with E-state index < -0.39 is 0 Å². The normalized spacial score (nSPS) is 9.95. The second-order valence-electron chi connectivity index (χ2n) is 4.38. The molecule has 0 amide bonds. The number of ether oxygens (including phenoxy) is 1. The SMILES string of the molecule is COCc1ccccc1Nc1cc(C)ccc1C#N. The Morgan fingerprint density at radius 2 is 1.95 bits per heavy atom. The second-order valence-corrected chi connectivity index (χ2v) is 4.38. The molecule has 2 aromatic carbocycles. The van der Waals surface area contributed by atoms with Crippen LogP contribution < -0.4 is 5.32 Å². The summed E-state index contributed by atoms with van der Waals surface area (Å²) in [6.07, 6.45) is 0. The number of nitrogens with one attached hydrogen (secondary N) is 1. The quantitative estimate of drug-likeness (QED) is 0.901. The molecule has 0 atom stereocenters. The highest BCUT2D eigenvalue weighted by molar-refractivity contribution is 5.69. The van der Waals surface area contributed by atoms with Crippen molar-refractivity contribution in [2.45, 2.75) is 13.5 Å². The minimum absolute atomic E-state index is 0.539. The van der Waals surface area contributed by atoms with Crippen LogP contribution in [0.4, 0.5) is 11.4 Å². The van der Waals surface area contributed by atoms with Crippen LogP contribution in [0.5, 0.6) is 0 Å². The smallest absolute Gasteiger partial charge is 0.101 e. The third-order valence-corrected chi connectivity index (χ3v) is 2.88. The topological polar surface area (TPSA) is 45.0 Å². The molecule has 0 aromatic heterocycles. The van der Waals surface area contributed by atoms with Crippen LogP contribution in [0.25, 0.3) is 0 Å². The first-order valence-corrected chi connectivity index (χ1v) is 6.09. The predicted molar refractivity (Wildman–Crippen MR) is 76.3 cm³/mol. The van der Waals surface area contributed by atoms with E-state index in [0.717, 1.165) is 22.5 Å². The zero-order chi connectivity index (χ0) is 13.7. The first-order chi connectivity index (χ1) is 9.24. The number of nitriles is 1. The Labute approximate surface area is 113 Å². The average Bonchev–Trinajstić information content (AvgIpc) is 2.42. The molecule has 2 rings (SSSR count). The number of benzene rings is 2. The number of rotatable bonds is 4. The number of nitrogens with zero attached hydrogens (tertiary/aromatic N) is 1. The van der Waals surface area contributed by atoms with Crippen molar-refractivity contribution in [3.05, 3.63) is 59.2 Å². The summed E-state index contributed by atoms with van der Waals surface area (Å²) >= 11 is 0. The van der Waals surface area contributed by atoms with Crippen molar-refractivity contribution in [3.8, 4) is 6.07 Å². The van der Waals surface area contributed by atoms with Gasteiger partial charge in [-0.2, -0.15) is 5.26 Å². The van der Waals surface area contributed by atoms with E-state index in [1.807, 2.05) is 49.4 Å². The third kappa shape index (κ3) is 3.12. The fourth-order valence-corrected chi connectivity index (χ4v) is 1.93. The van der Waals surface area contributed by atoms with Gasteiger partial charge in [0, 0.05) is 18.4 Å². The Hall–Kier alpha value is -2.31. The lowest BCUT2D eigenvalue weighted by atomic mass is 10.1. The Morgan fingerprint density at radius 3 is 2.68 bits per heavy atom. The molecule has 0 aliphatic heterocycles. The summed E-state index contributed by atoms with van der Waals surface area (Å²) < 4.78 is 5.18. The van der Waals surface area contributed by atoms with Crippen LogP contribution in [0.2, 0.25) is 0 Å². The fourth-order valence-electron chi connectivity index (χ4n) is 1.93. The van der Waals surface area contributed by atoms with Crippen LogP contribution in [-0.2, 0) is 11.3 Å². The average molecular weight is 252 g/mol. The Bertz CT molecular complexity index is 614. The number of anilines is 2. The highest BCUT2D eigenvalue weighted by atomic mass is 16.5. The zero-order valence-corrected chi connectivity index (χ0v) is 11.1. The van der Waals surface area contributed by atoms with E-state index in [2.05, 4.69) is 11.4 Å². The summed E-state index contributed by atoms with van der Waals surface area (Å²) in [5.41, 5.74) is 4.61. The van der Waals surface area contributed by atoms with Gasteiger partial charge >= 0.3 is 0 Å². The molecule has 3 heteroatoms. The molecule has 2 aromatic rings. The van der Waals surface area contributed by atoms with Crippen molar-refractivity contribution in [2.75, 3.05) is 12.4 Å². The fraction of sp³-hybridized carbons (Fsp3) is 0.188. The maximum Gasteiger partial charge on any atom is 0.101 e. The van der Waals surface area contributed by atoms with E-state index in [1.54, 1.807) is 7.11 Å². The Morgan fingerprint density at radius 1 is 1.16 bits per heavy atom. The van der Waals surface area contributed by atoms with Gasteiger partial charge in [-0.15, -0.1) is 0 Å². The van der Waals surface area contributed by atoms with Gasteiger partial charge in [-0.1, -0.05) is 24.3 Å². The second kappa shape index (κ2) is 6.03. The zero-order valence-electron chi connectivity index (χ0n) is 11.1. The highest BCUT2D eigenvalue weighted by Gasteiger charge is 2.06. The van der Waals surface area contributed by atoms with Crippen LogP contribution in [0, 0.1) is 18.3 Å². The molecule has 0 aliphatic carbocycles. The van der Waals surface area contributed by atoms with E-state index >= 15 is 0 Å². The molecule has 0 bridgehead atoms. The Kier molecular flexibility index (Phi) is 4.17. The molecule has 0 fully saturated rings. The third-order valence-electron chi connectivity index (χ3n) is 2.88. The molecule has 0 spiro atoms. The number of hydrogen-bond acceptors (Lipinski definition) is 3. The molecule has 19 heavy (non-hydrogen) atoms. The van der Waals surface area contributed by atoms with Crippen molar-refractivity contribution in [1.29, 1.82) is 5.26 Å². The highest BCUT2D eigenvalue weighted by Crippen LogP contribution is 2.24. The van der Waals surface area contributed by atoms with Gasteiger partial charge in [-0.05, 0) is 30.7 Å². The van der Waals surface area contributed by atoms with Gasteiger partial charge in [0.15, 0.2) is 0 Å². The first-order valence-electron chi connectivity index (χ1n) is 6.09. The number of aryl methyl sites for hydroxylation is 1. The monoisotopic (exact) mass is 252 g/mol. The number of para-hydroxylation sites is 1. The van der Waals surface area contributed by atoms with E-state index in [9.17, 15) is 0 Å². The van der Waals surface area contributed by atoms with E-state index in [1.165, 1.54) is 0 Å². The van der Waals surface area contributed by atoms with E-state index in [-0.39, 0.29) is 0 Å². The molecule has 96 valence electrons. The van der Waals surface area contributed by atoms with Gasteiger partial charge in [-0.25, -0.2) is 0 Å². The van der Waals surface area contributed by atoms with Crippen LogP contribution in [-0.4, -0.2) is 7.11 Å². The maximum absolute atomic E-state index is 9.15. The summed E-state index contributed by atoms with van der Waals surface area (Å²) in [5, 5.41) is 12.5. The van der Waals surface area contributed by atoms with Crippen LogP contribution >= 0.6 is 0 Å². The maximum atomic E-state index is 9.15. The minimum atomic E-state index is 0.539. The molecule has 0 saturated heterocycles. The van der Waals surface area contributed by atoms with Gasteiger partial charge in [0.2, 0.25) is 0 Å². The van der Waals surface area contributed by atoms with Crippen LogP contribution in [0.15, 0.2) is 42.5 Å². The van der Waals surface area contributed by atoms with Gasteiger partial charge in [0.25, 0.3) is 0 Å². The summed E-state index contributed by atoms with van der Waals surface area (Å²) in [6, 6.07) is 15.9. The molecule has 0 aliphatic rings. The van der Waals surface area contributed by atoms with E-state index in [0.29, 0.717) is 12.2 Å². The van der Waals surface area contributed by atoms with Crippen molar-refractivity contribution < 1.29 is 4.74 Å². The summed E-state index contributed by atoms with van der Waals surface area (Å²) in [6.45, 7) is 2.55. The van der Waals surface area contributed by atoms with Gasteiger partial charge in [0.1, 0.15) is 6.07 Å². The lowest BCUT2D eigenvalue weighted by molar-refractivity contribution is 0.185. The minimum Gasteiger partial charge on any atom is -0.380 e. The van der Waals surface area contributed by atoms with Gasteiger partial charge in [0.05, 0.1) is 17.9 Å². The van der Waals surface area contributed by atoms with Crippen LogP contribution in [0.3, 0.4) is 0 Å². The van der Waals surface area contributed by atoms with Crippen molar-refractivity contribution >= 4 is 11.4 Å². The number of hydrogen-bond donors (Lipinski definition) is 1. The molecule has 1 N–H and O–H groups in total.